The average Bonchev–Trinajstić information content (AvgIpc) is 3.34. The molecule has 0 fully saturated rings. The minimum absolute atomic E-state index is 0.628. The fourth-order valence-electron chi connectivity index (χ4n) is 2.66. The fraction of sp³-hybridized carbons (Fsp3) is 0.150. The number of benzene rings is 2. The zero-order valence-corrected chi connectivity index (χ0v) is 15.8. The lowest BCUT2D eigenvalue weighted by Crippen LogP contribution is -1.95. The molecule has 2 aromatic carbocycles. The highest BCUT2D eigenvalue weighted by Crippen LogP contribution is 2.27. The van der Waals surface area contributed by atoms with E-state index in [1.165, 1.54) is 0 Å². The molecule has 7 heteroatoms. The smallest absolute Gasteiger partial charge is 0.226 e. The topological polar surface area (TPSA) is 66.0 Å². The van der Waals surface area contributed by atoms with Crippen LogP contribution in [0.25, 0.3) is 22.8 Å². The van der Waals surface area contributed by atoms with Gasteiger partial charge in [-0.05, 0) is 36.4 Å². The molecular formula is C20H18N4O2S. The Morgan fingerprint density at radius 3 is 2.52 bits per heavy atom. The van der Waals surface area contributed by atoms with E-state index in [9.17, 15) is 0 Å². The molecule has 0 saturated heterocycles. The molecular weight excluding hydrogens is 360 g/mol. The molecule has 0 bridgehead atoms. The van der Waals surface area contributed by atoms with E-state index in [4.69, 9.17) is 9.15 Å². The van der Waals surface area contributed by atoms with Crippen LogP contribution in [0.3, 0.4) is 0 Å². The van der Waals surface area contributed by atoms with E-state index in [1.54, 1.807) is 25.1 Å². The Morgan fingerprint density at radius 1 is 1.00 bits per heavy atom. The maximum atomic E-state index is 5.59. The Morgan fingerprint density at radius 2 is 1.78 bits per heavy atom. The zero-order chi connectivity index (χ0) is 18.6. The zero-order valence-electron chi connectivity index (χ0n) is 15.0. The van der Waals surface area contributed by atoms with E-state index in [0.29, 0.717) is 11.6 Å². The molecule has 0 spiro atoms. The van der Waals surface area contributed by atoms with Crippen LogP contribution in [-0.4, -0.2) is 26.9 Å². The molecule has 4 rings (SSSR count). The first-order valence-electron chi connectivity index (χ1n) is 8.41. The Labute approximate surface area is 161 Å². The van der Waals surface area contributed by atoms with Crippen molar-refractivity contribution < 1.29 is 9.15 Å². The van der Waals surface area contributed by atoms with Gasteiger partial charge >= 0.3 is 0 Å². The number of rotatable bonds is 6. The van der Waals surface area contributed by atoms with Crippen molar-refractivity contribution in [1.29, 1.82) is 0 Å². The van der Waals surface area contributed by atoms with E-state index < -0.39 is 0 Å². The highest BCUT2D eigenvalue weighted by molar-refractivity contribution is 7.98. The molecule has 0 unspecified atom stereocenters. The standard InChI is InChI=1S/C20H18N4O2S/c1-24-18(14-8-10-17(25-2)11-9-14)22-23-20(24)27-13-16-12-26-19(21-16)15-6-4-3-5-7-15/h3-12H,13H2,1-2H3. The molecule has 0 aliphatic heterocycles. The van der Waals surface area contributed by atoms with Gasteiger partial charge < -0.3 is 13.7 Å². The van der Waals surface area contributed by atoms with Crippen LogP contribution in [0.15, 0.2) is 70.4 Å². The van der Waals surface area contributed by atoms with Crippen LogP contribution in [-0.2, 0) is 12.8 Å². The maximum Gasteiger partial charge on any atom is 0.226 e. The Bertz CT molecular complexity index is 1030. The lowest BCUT2D eigenvalue weighted by atomic mass is 10.2. The summed E-state index contributed by atoms with van der Waals surface area (Å²) in [7, 11) is 3.61. The number of hydrogen-bond donors (Lipinski definition) is 0. The third-order valence-electron chi connectivity index (χ3n) is 4.10. The molecule has 0 aliphatic rings. The van der Waals surface area contributed by atoms with Crippen LogP contribution >= 0.6 is 11.8 Å². The van der Waals surface area contributed by atoms with Crippen molar-refractivity contribution in [3.8, 4) is 28.6 Å². The van der Waals surface area contributed by atoms with Crippen LogP contribution in [0.5, 0.6) is 5.75 Å². The number of ether oxygens (including phenoxy) is 1. The van der Waals surface area contributed by atoms with Gasteiger partial charge in [0.2, 0.25) is 5.89 Å². The van der Waals surface area contributed by atoms with Gasteiger partial charge in [-0.2, -0.15) is 0 Å². The SMILES string of the molecule is COc1ccc(-c2nnc(SCc3coc(-c4ccccc4)n3)n2C)cc1. The van der Waals surface area contributed by atoms with Gasteiger partial charge in [-0.15, -0.1) is 10.2 Å². The summed E-state index contributed by atoms with van der Waals surface area (Å²) in [5.74, 6) is 2.91. The molecule has 0 radical (unpaired) electrons. The Hall–Kier alpha value is -3.06. The summed E-state index contributed by atoms with van der Waals surface area (Å²) in [4.78, 5) is 4.55. The number of aromatic nitrogens is 4. The highest BCUT2D eigenvalue weighted by Gasteiger charge is 2.13. The minimum atomic E-state index is 0.628. The van der Waals surface area contributed by atoms with Gasteiger partial charge in [-0.3, -0.25) is 0 Å². The summed E-state index contributed by atoms with van der Waals surface area (Å²) in [6.45, 7) is 0. The maximum absolute atomic E-state index is 5.59. The Balaban J connectivity index is 1.46. The summed E-state index contributed by atoms with van der Waals surface area (Å²) in [5, 5.41) is 9.44. The van der Waals surface area contributed by atoms with Crippen molar-refractivity contribution in [3.05, 3.63) is 66.6 Å². The molecule has 4 aromatic rings. The number of methoxy groups -OCH3 is 1. The van der Waals surface area contributed by atoms with Gasteiger partial charge in [0, 0.05) is 23.9 Å². The van der Waals surface area contributed by atoms with Crippen LogP contribution < -0.4 is 4.74 Å². The van der Waals surface area contributed by atoms with Gasteiger partial charge in [0.15, 0.2) is 11.0 Å². The Kier molecular flexibility index (Phi) is 4.93. The van der Waals surface area contributed by atoms with Crippen LogP contribution in [0, 0.1) is 0 Å². The molecule has 0 amide bonds. The largest absolute Gasteiger partial charge is 0.497 e. The molecule has 0 aliphatic carbocycles. The third kappa shape index (κ3) is 3.73. The predicted molar refractivity (Wildman–Crippen MR) is 104 cm³/mol. The first-order chi connectivity index (χ1) is 13.2. The first kappa shape index (κ1) is 17.4. The molecule has 0 atom stereocenters. The van der Waals surface area contributed by atoms with Crippen molar-refractivity contribution in [3.63, 3.8) is 0 Å². The van der Waals surface area contributed by atoms with E-state index >= 15 is 0 Å². The second-order valence-corrected chi connectivity index (χ2v) is 6.83. The van der Waals surface area contributed by atoms with Gasteiger partial charge in [0.1, 0.15) is 12.0 Å². The number of hydrogen-bond acceptors (Lipinski definition) is 6. The molecule has 0 N–H and O–H groups in total. The molecule has 0 saturated carbocycles. The van der Waals surface area contributed by atoms with Crippen molar-refractivity contribution >= 4 is 11.8 Å². The summed E-state index contributed by atoms with van der Waals surface area (Å²) < 4.78 is 12.8. The van der Waals surface area contributed by atoms with Crippen LogP contribution in [0.4, 0.5) is 0 Å². The molecule has 27 heavy (non-hydrogen) atoms. The average molecular weight is 378 g/mol. The van der Waals surface area contributed by atoms with E-state index in [2.05, 4.69) is 15.2 Å². The fourth-order valence-corrected chi connectivity index (χ4v) is 3.45. The van der Waals surface area contributed by atoms with E-state index in [-0.39, 0.29) is 0 Å². The lowest BCUT2D eigenvalue weighted by molar-refractivity contribution is 0.415. The number of thioether (sulfide) groups is 1. The van der Waals surface area contributed by atoms with E-state index in [1.807, 2.05) is 66.2 Å². The number of oxazole rings is 1. The molecule has 6 nitrogen and oxygen atoms in total. The van der Waals surface area contributed by atoms with E-state index in [0.717, 1.165) is 33.6 Å². The summed E-state index contributed by atoms with van der Waals surface area (Å²) >= 11 is 1.57. The van der Waals surface area contributed by atoms with Crippen molar-refractivity contribution in [1.82, 2.24) is 19.7 Å². The monoisotopic (exact) mass is 378 g/mol. The quantitative estimate of drug-likeness (QED) is 0.462. The normalized spacial score (nSPS) is 10.9. The second-order valence-electron chi connectivity index (χ2n) is 5.89. The summed E-state index contributed by atoms with van der Waals surface area (Å²) in [6, 6.07) is 17.6. The molecule has 2 heterocycles. The van der Waals surface area contributed by atoms with Gasteiger partial charge in [0.25, 0.3) is 0 Å². The van der Waals surface area contributed by atoms with Gasteiger partial charge in [-0.25, -0.2) is 4.98 Å². The second kappa shape index (κ2) is 7.67. The molecule has 136 valence electrons. The predicted octanol–water partition coefficient (Wildman–Crippen LogP) is 4.44. The first-order valence-corrected chi connectivity index (χ1v) is 9.39. The number of nitrogens with zero attached hydrogens (tertiary/aromatic N) is 4. The minimum Gasteiger partial charge on any atom is -0.497 e. The lowest BCUT2D eigenvalue weighted by Gasteiger charge is -2.04. The van der Waals surface area contributed by atoms with Gasteiger partial charge in [0.05, 0.1) is 12.8 Å². The van der Waals surface area contributed by atoms with Gasteiger partial charge in [-0.1, -0.05) is 30.0 Å². The highest BCUT2D eigenvalue weighted by atomic mass is 32.2. The van der Waals surface area contributed by atoms with Crippen LogP contribution in [0.1, 0.15) is 5.69 Å². The summed E-state index contributed by atoms with van der Waals surface area (Å²) in [6.07, 6.45) is 1.69. The third-order valence-corrected chi connectivity index (χ3v) is 5.16. The molecule has 2 aromatic heterocycles. The van der Waals surface area contributed by atoms with Crippen molar-refractivity contribution in [2.45, 2.75) is 10.9 Å². The van der Waals surface area contributed by atoms with Crippen molar-refractivity contribution in [2.75, 3.05) is 7.11 Å². The van der Waals surface area contributed by atoms with Crippen LogP contribution in [0.2, 0.25) is 0 Å². The summed E-state index contributed by atoms with van der Waals surface area (Å²) in [5.41, 5.74) is 2.83. The van der Waals surface area contributed by atoms with Crippen molar-refractivity contribution in [2.24, 2.45) is 7.05 Å².